The zero-order valence-electron chi connectivity index (χ0n) is 12.7. The van der Waals surface area contributed by atoms with Crippen molar-refractivity contribution >= 4 is 11.7 Å². The lowest BCUT2D eigenvalue weighted by atomic mass is 10.2. The van der Waals surface area contributed by atoms with Crippen LogP contribution in [0.2, 0.25) is 0 Å². The molecule has 0 fully saturated rings. The van der Waals surface area contributed by atoms with Crippen LogP contribution in [0.1, 0.15) is 17.5 Å². The van der Waals surface area contributed by atoms with Crippen molar-refractivity contribution in [3.63, 3.8) is 0 Å². The molecule has 2 rings (SSSR count). The van der Waals surface area contributed by atoms with E-state index in [4.69, 9.17) is 0 Å². The molecule has 2 aromatic heterocycles. The van der Waals surface area contributed by atoms with E-state index < -0.39 is 0 Å². The first kappa shape index (κ1) is 15.0. The van der Waals surface area contributed by atoms with E-state index >= 15 is 0 Å². The molecule has 0 saturated heterocycles. The van der Waals surface area contributed by atoms with Gasteiger partial charge in [-0.2, -0.15) is 5.10 Å². The minimum absolute atomic E-state index is 0.0198. The number of aryl methyl sites for hydroxylation is 2. The molecule has 0 saturated carbocycles. The Morgan fingerprint density at radius 3 is 2.90 bits per heavy atom. The first-order chi connectivity index (χ1) is 10.0. The summed E-state index contributed by atoms with van der Waals surface area (Å²) in [6.45, 7) is 3.09. The first-order valence-corrected chi connectivity index (χ1v) is 6.92. The van der Waals surface area contributed by atoms with Gasteiger partial charge in [0.2, 0.25) is 5.91 Å². The molecule has 0 unspecified atom stereocenters. The highest BCUT2D eigenvalue weighted by Gasteiger charge is 2.04. The summed E-state index contributed by atoms with van der Waals surface area (Å²) >= 11 is 0. The Bertz CT molecular complexity index is 606. The summed E-state index contributed by atoms with van der Waals surface area (Å²) in [4.78, 5) is 18.0. The van der Waals surface area contributed by atoms with Crippen LogP contribution < -0.4 is 10.2 Å². The first-order valence-electron chi connectivity index (χ1n) is 6.92. The molecule has 21 heavy (non-hydrogen) atoms. The van der Waals surface area contributed by atoms with Gasteiger partial charge in [-0.1, -0.05) is 0 Å². The molecule has 0 spiro atoms. The van der Waals surface area contributed by atoms with E-state index in [9.17, 15) is 4.79 Å². The third kappa shape index (κ3) is 4.59. The van der Waals surface area contributed by atoms with E-state index in [0.29, 0.717) is 19.5 Å². The topological polar surface area (TPSA) is 63.1 Å². The third-order valence-corrected chi connectivity index (χ3v) is 3.09. The van der Waals surface area contributed by atoms with Crippen molar-refractivity contribution in [2.75, 3.05) is 19.0 Å². The monoisotopic (exact) mass is 287 g/mol. The fourth-order valence-corrected chi connectivity index (χ4v) is 1.91. The lowest BCUT2D eigenvalue weighted by Crippen LogP contribution is -2.24. The van der Waals surface area contributed by atoms with Crippen molar-refractivity contribution in [3.05, 3.63) is 41.9 Å². The molecule has 6 nitrogen and oxygen atoms in total. The summed E-state index contributed by atoms with van der Waals surface area (Å²) in [6.07, 6.45) is 5.90. The zero-order chi connectivity index (χ0) is 15.2. The van der Waals surface area contributed by atoms with Gasteiger partial charge in [-0.25, -0.2) is 4.98 Å². The molecular formula is C15H21N5O. The van der Waals surface area contributed by atoms with Gasteiger partial charge in [-0.15, -0.1) is 0 Å². The third-order valence-electron chi connectivity index (χ3n) is 3.09. The van der Waals surface area contributed by atoms with Crippen LogP contribution in [-0.4, -0.2) is 34.8 Å². The second kappa shape index (κ2) is 6.88. The summed E-state index contributed by atoms with van der Waals surface area (Å²) in [7, 11) is 3.88. The number of aromatic nitrogens is 3. The number of hydrogen-bond acceptors (Lipinski definition) is 4. The molecule has 0 bridgehead atoms. The largest absolute Gasteiger partial charge is 0.363 e. The second-order valence-electron chi connectivity index (χ2n) is 5.22. The second-order valence-corrected chi connectivity index (χ2v) is 5.22. The number of nitrogens with one attached hydrogen (secondary N) is 1. The normalized spacial score (nSPS) is 10.4. The number of carbonyl (C=O) groups excluding carboxylic acids is 1. The predicted molar refractivity (Wildman–Crippen MR) is 82.0 cm³/mol. The Morgan fingerprint density at radius 2 is 2.24 bits per heavy atom. The van der Waals surface area contributed by atoms with Gasteiger partial charge in [0.1, 0.15) is 5.82 Å². The van der Waals surface area contributed by atoms with Gasteiger partial charge in [-0.3, -0.25) is 9.48 Å². The average molecular weight is 287 g/mol. The standard InChI is InChI=1S/C15H21N5O/c1-12-9-18-20(11-12)7-5-15(21)17-10-13-4-6-16-14(8-13)19(2)3/h4,6,8-9,11H,5,7,10H2,1-3H3,(H,17,21). The molecule has 2 heterocycles. The Hall–Kier alpha value is -2.37. The number of anilines is 1. The van der Waals surface area contributed by atoms with Crippen LogP contribution in [0.5, 0.6) is 0 Å². The maximum absolute atomic E-state index is 11.8. The summed E-state index contributed by atoms with van der Waals surface area (Å²) in [5.41, 5.74) is 2.14. The van der Waals surface area contributed by atoms with Crippen molar-refractivity contribution in [1.82, 2.24) is 20.1 Å². The van der Waals surface area contributed by atoms with Crippen molar-refractivity contribution in [2.45, 2.75) is 26.4 Å². The molecule has 0 atom stereocenters. The Balaban J connectivity index is 1.79. The molecule has 0 aliphatic carbocycles. The van der Waals surface area contributed by atoms with Crippen molar-refractivity contribution < 1.29 is 4.79 Å². The highest BCUT2D eigenvalue weighted by atomic mass is 16.1. The summed E-state index contributed by atoms with van der Waals surface area (Å²) in [5.74, 6) is 0.903. The summed E-state index contributed by atoms with van der Waals surface area (Å²) in [5, 5.41) is 7.08. The number of amides is 1. The molecule has 1 N–H and O–H groups in total. The zero-order valence-corrected chi connectivity index (χ0v) is 12.7. The molecule has 0 radical (unpaired) electrons. The number of carbonyl (C=O) groups is 1. The quantitative estimate of drug-likeness (QED) is 0.871. The fraction of sp³-hybridized carbons (Fsp3) is 0.400. The summed E-state index contributed by atoms with van der Waals surface area (Å²) in [6, 6.07) is 3.88. The smallest absolute Gasteiger partial charge is 0.222 e. The molecule has 6 heteroatoms. The SMILES string of the molecule is Cc1cnn(CCC(=O)NCc2ccnc(N(C)C)c2)c1. The molecule has 0 aliphatic rings. The van der Waals surface area contributed by atoms with Gasteiger partial charge in [0.25, 0.3) is 0 Å². The molecule has 1 amide bonds. The van der Waals surface area contributed by atoms with E-state index in [1.165, 1.54) is 0 Å². The van der Waals surface area contributed by atoms with E-state index in [0.717, 1.165) is 16.9 Å². The van der Waals surface area contributed by atoms with Gasteiger partial charge in [-0.05, 0) is 30.2 Å². The molecule has 0 aliphatic heterocycles. The highest BCUT2D eigenvalue weighted by Crippen LogP contribution is 2.09. The van der Waals surface area contributed by atoms with Crippen molar-refractivity contribution in [2.24, 2.45) is 0 Å². The van der Waals surface area contributed by atoms with E-state index in [2.05, 4.69) is 15.4 Å². The van der Waals surface area contributed by atoms with Gasteiger partial charge in [0.05, 0.1) is 6.20 Å². The Morgan fingerprint density at radius 1 is 1.43 bits per heavy atom. The van der Waals surface area contributed by atoms with Crippen LogP contribution in [0, 0.1) is 6.92 Å². The van der Waals surface area contributed by atoms with Crippen molar-refractivity contribution in [3.8, 4) is 0 Å². The molecular weight excluding hydrogens is 266 g/mol. The summed E-state index contributed by atoms with van der Waals surface area (Å²) < 4.78 is 1.78. The molecule has 112 valence electrons. The Labute approximate surface area is 124 Å². The number of hydrogen-bond donors (Lipinski definition) is 1. The lowest BCUT2D eigenvalue weighted by Gasteiger charge is -2.12. The molecule has 2 aromatic rings. The van der Waals surface area contributed by atoms with Crippen LogP contribution in [0.3, 0.4) is 0 Å². The van der Waals surface area contributed by atoms with Crippen LogP contribution >= 0.6 is 0 Å². The van der Waals surface area contributed by atoms with E-state index in [1.54, 1.807) is 17.1 Å². The lowest BCUT2D eigenvalue weighted by molar-refractivity contribution is -0.121. The van der Waals surface area contributed by atoms with Crippen molar-refractivity contribution in [1.29, 1.82) is 0 Å². The fourth-order valence-electron chi connectivity index (χ4n) is 1.91. The van der Waals surface area contributed by atoms with Gasteiger partial charge in [0, 0.05) is 46.0 Å². The van der Waals surface area contributed by atoms with Crippen LogP contribution in [0.15, 0.2) is 30.7 Å². The maximum Gasteiger partial charge on any atom is 0.222 e. The highest BCUT2D eigenvalue weighted by molar-refractivity contribution is 5.75. The minimum atomic E-state index is 0.0198. The van der Waals surface area contributed by atoms with Gasteiger partial charge < -0.3 is 10.2 Å². The Kier molecular flexibility index (Phi) is 4.92. The minimum Gasteiger partial charge on any atom is -0.363 e. The van der Waals surface area contributed by atoms with E-state index in [1.807, 2.05) is 44.2 Å². The predicted octanol–water partition coefficient (Wildman–Crippen LogP) is 1.36. The number of nitrogens with zero attached hydrogens (tertiary/aromatic N) is 4. The maximum atomic E-state index is 11.8. The van der Waals surface area contributed by atoms with Crippen LogP contribution in [0.4, 0.5) is 5.82 Å². The van der Waals surface area contributed by atoms with Crippen LogP contribution in [0.25, 0.3) is 0 Å². The average Bonchev–Trinajstić information content (AvgIpc) is 2.89. The van der Waals surface area contributed by atoms with Gasteiger partial charge in [0.15, 0.2) is 0 Å². The number of rotatable bonds is 6. The van der Waals surface area contributed by atoms with Gasteiger partial charge >= 0.3 is 0 Å². The van der Waals surface area contributed by atoms with Crippen LogP contribution in [-0.2, 0) is 17.9 Å². The van der Waals surface area contributed by atoms with E-state index in [-0.39, 0.29) is 5.91 Å². The molecule has 0 aromatic carbocycles. The number of pyridine rings is 1.